The molecule has 6 heavy (non-hydrogen) atoms. The van der Waals surface area contributed by atoms with Crippen molar-refractivity contribution < 1.29 is 18.4 Å². The molecule has 0 aliphatic heterocycles. The van der Waals surface area contributed by atoms with Gasteiger partial charge in [0.2, 0.25) is 0 Å². The molecule has 0 rings (SSSR count). The SMILES string of the molecule is C[C](C)(C)[Ag][SH]. The minimum absolute atomic E-state index is 0.436. The van der Waals surface area contributed by atoms with Crippen LogP contribution in [0.1, 0.15) is 20.8 Å². The van der Waals surface area contributed by atoms with Gasteiger partial charge in [-0.05, 0) is 0 Å². The van der Waals surface area contributed by atoms with E-state index in [-0.39, 0.29) is 0 Å². The van der Waals surface area contributed by atoms with Crippen LogP contribution in [0.2, 0.25) is 3.63 Å². The third kappa shape index (κ3) is 5.09. The normalized spacial score (nSPS) is 12.7. The molecular weight excluding hydrogens is 188 g/mol. The Morgan fingerprint density at radius 2 is 1.50 bits per heavy atom. The van der Waals surface area contributed by atoms with Crippen LogP contribution in [0.4, 0.5) is 0 Å². The van der Waals surface area contributed by atoms with Crippen LogP contribution < -0.4 is 0 Å². The molecule has 0 aromatic heterocycles. The monoisotopic (exact) mass is 197 g/mol. The molecule has 0 unspecified atom stereocenters. The summed E-state index contributed by atoms with van der Waals surface area (Å²) in [5, 5.41) is 0. The first-order valence-electron chi connectivity index (χ1n) is 1.79. The zero-order chi connectivity index (χ0) is 5.21. The molecule has 0 radical (unpaired) electrons. The van der Waals surface area contributed by atoms with Gasteiger partial charge in [-0.25, -0.2) is 0 Å². The van der Waals surface area contributed by atoms with Crippen LogP contribution in [0.3, 0.4) is 0 Å². The van der Waals surface area contributed by atoms with Crippen molar-refractivity contribution in [1.29, 1.82) is 0 Å². The molecule has 0 bridgehead atoms. The van der Waals surface area contributed by atoms with E-state index < -0.39 is 0 Å². The van der Waals surface area contributed by atoms with E-state index in [9.17, 15) is 0 Å². The average Bonchev–Trinajstić information content (AvgIpc) is 1.35. The van der Waals surface area contributed by atoms with E-state index in [4.69, 9.17) is 0 Å². The molecule has 0 aliphatic rings. The van der Waals surface area contributed by atoms with E-state index in [2.05, 4.69) is 30.9 Å². The van der Waals surface area contributed by atoms with Gasteiger partial charge in [-0.1, -0.05) is 0 Å². The quantitative estimate of drug-likeness (QED) is 0.447. The summed E-state index contributed by atoms with van der Waals surface area (Å²) in [7, 11) is 4.13. The molecule has 43 valence electrons. The first-order chi connectivity index (χ1) is 2.56. The summed E-state index contributed by atoms with van der Waals surface area (Å²) < 4.78 is 0.436. The Balaban J connectivity index is 3.17. The number of hydrogen-bond donors (Lipinski definition) is 1. The first kappa shape index (κ1) is 7.09. The van der Waals surface area contributed by atoms with Crippen LogP contribution in [-0.2, 0) is 18.4 Å². The molecule has 0 atom stereocenters. The summed E-state index contributed by atoms with van der Waals surface area (Å²) in [5.41, 5.74) is 0. The maximum absolute atomic E-state index is 4.13. The van der Waals surface area contributed by atoms with Gasteiger partial charge in [0.1, 0.15) is 0 Å². The van der Waals surface area contributed by atoms with Crippen molar-refractivity contribution >= 4 is 10.1 Å². The number of thiol groups is 1. The van der Waals surface area contributed by atoms with E-state index in [1.165, 1.54) is 0 Å². The Morgan fingerprint density at radius 3 is 1.50 bits per heavy atom. The molecule has 0 aliphatic carbocycles. The van der Waals surface area contributed by atoms with Crippen molar-refractivity contribution in [3.8, 4) is 0 Å². The molecule has 0 heterocycles. The zero-order valence-corrected chi connectivity index (χ0v) is 6.63. The van der Waals surface area contributed by atoms with Gasteiger partial charge >= 0.3 is 52.9 Å². The van der Waals surface area contributed by atoms with Crippen molar-refractivity contribution in [2.45, 2.75) is 24.4 Å². The molecule has 0 fully saturated rings. The first-order valence-corrected chi connectivity index (χ1v) is 4.79. The summed E-state index contributed by atoms with van der Waals surface area (Å²) in [6, 6.07) is 0. The van der Waals surface area contributed by atoms with Crippen molar-refractivity contribution in [3.05, 3.63) is 0 Å². The van der Waals surface area contributed by atoms with E-state index in [1.807, 2.05) is 0 Å². The van der Waals surface area contributed by atoms with Gasteiger partial charge in [0, 0.05) is 0 Å². The fraction of sp³-hybridized carbons (Fsp3) is 1.00. The van der Waals surface area contributed by atoms with Gasteiger partial charge in [0.15, 0.2) is 0 Å². The summed E-state index contributed by atoms with van der Waals surface area (Å²) >= 11 is 0.745. The van der Waals surface area contributed by atoms with E-state index in [0.717, 1.165) is 18.4 Å². The molecular formula is C4H10AgS. The molecule has 0 spiro atoms. The second-order valence-corrected chi connectivity index (χ2v) is 5.37. The summed E-state index contributed by atoms with van der Waals surface area (Å²) in [5.74, 6) is 0. The summed E-state index contributed by atoms with van der Waals surface area (Å²) in [6.45, 7) is 6.54. The molecule has 0 saturated heterocycles. The Hall–Kier alpha value is 1.09. The molecule has 0 amide bonds. The fourth-order valence-electron chi connectivity index (χ4n) is 0. The standard InChI is InChI=1S/C4H9.Ag.H2S/c1-4(2)3;;/h1-3H3;;1H2/q;+1;/p-1. The predicted octanol–water partition coefficient (Wildman–Crippen LogP) is 2.13. The van der Waals surface area contributed by atoms with Crippen molar-refractivity contribution in [2.24, 2.45) is 0 Å². The van der Waals surface area contributed by atoms with Crippen LogP contribution in [0.25, 0.3) is 0 Å². The third-order valence-electron chi connectivity index (χ3n) is 0.202. The number of rotatable bonds is 0. The van der Waals surface area contributed by atoms with Gasteiger partial charge in [-0.3, -0.25) is 0 Å². The number of hydrogen-bond acceptors (Lipinski definition) is 1. The zero-order valence-electron chi connectivity index (χ0n) is 4.25. The second kappa shape index (κ2) is 2.41. The van der Waals surface area contributed by atoms with Crippen LogP contribution in [0.5, 0.6) is 0 Å². The summed E-state index contributed by atoms with van der Waals surface area (Å²) in [4.78, 5) is 0. The van der Waals surface area contributed by atoms with Crippen LogP contribution >= 0.6 is 10.1 Å². The van der Waals surface area contributed by atoms with Crippen LogP contribution in [0.15, 0.2) is 0 Å². The van der Waals surface area contributed by atoms with E-state index in [0.29, 0.717) is 3.63 Å². The fourth-order valence-corrected chi connectivity index (χ4v) is 0. The van der Waals surface area contributed by atoms with E-state index in [1.54, 1.807) is 0 Å². The van der Waals surface area contributed by atoms with Gasteiger partial charge in [-0.2, -0.15) is 0 Å². The van der Waals surface area contributed by atoms with Gasteiger partial charge < -0.3 is 0 Å². The second-order valence-electron chi connectivity index (χ2n) is 2.02. The van der Waals surface area contributed by atoms with Gasteiger partial charge in [0.25, 0.3) is 0 Å². The van der Waals surface area contributed by atoms with Crippen molar-refractivity contribution in [2.75, 3.05) is 0 Å². The van der Waals surface area contributed by atoms with Gasteiger partial charge in [-0.15, -0.1) is 0 Å². The van der Waals surface area contributed by atoms with Crippen LogP contribution in [0, 0.1) is 0 Å². The third-order valence-corrected chi connectivity index (χ3v) is 3.59. The molecule has 0 saturated carbocycles. The predicted molar refractivity (Wildman–Crippen MR) is 28.7 cm³/mol. The molecule has 0 aromatic rings. The molecule has 0 N–H and O–H groups in total. The van der Waals surface area contributed by atoms with E-state index >= 15 is 0 Å². The summed E-state index contributed by atoms with van der Waals surface area (Å²) in [6.07, 6.45) is 0. The maximum atomic E-state index is 4.13. The topological polar surface area (TPSA) is 0 Å². The Kier molecular flexibility index (Phi) is 2.85. The van der Waals surface area contributed by atoms with Crippen LogP contribution in [-0.4, -0.2) is 0 Å². The molecule has 2 heteroatoms. The average molecular weight is 198 g/mol. The minimum atomic E-state index is 0.436. The molecule has 0 nitrogen and oxygen atoms in total. The Morgan fingerprint density at radius 1 is 1.33 bits per heavy atom. The van der Waals surface area contributed by atoms with Crippen molar-refractivity contribution in [1.82, 2.24) is 0 Å². The van der Waals surface area contributed by atoms with Crippen molar-refractivity contribution in [3.63, 3.8) is 0 Å². The van der Waals surface area contributed by atoms with Gasteiger partial charge in [0.05, 0.1) is 0 Å². The Bertz CT molecular complexity index is 37.3. The molecule has 0 aromatic carbocycles. The Labute approximate surface area is 53.0 Å².